The number of nitrogens with one attached hydrogen (secondary N) is 1. The zero-order chi connectivity index (χ0) is 21.5. The molecule has 5 rings (SSSR count). The van der Waals surface area contributed by atoms with Crippen molar-refractivity contribution in [3.05, 3.63) is 64.6 Å². The molecule has 8 heteroatoms. The van der Waals surface area contributed by atoms with Crippen molar-refractivity contribution in [1.29, 1.82) is 0 Å². The number of nitrogens with zero attached hydrogens (tertiary/aromatic N) is 3. The number of carbonyl (C=O) groups is 1. The predicted molar refractivity (Wildman–Crippen MR) is 117 cm³/mol. The fourth-order valence-electron chi connectivity index (χ4n) is 4.13. The lowest BCUT2D eigenvalue weighted by Gasteiger charge is -2.22. The highest BCUT2D eigenvalue weighted by atomic mass is 16.6. The minimum Gasteiger partial charge on any atom is -0.486 e. The summed E-state index contributed by atoms with van der Waals surface area (Å²) in [5.41, 5.74) is 2.44. The third-order valence-corrected chi connectivity index (χ3v) is 5.48. The summed E-state index contributed by atoms with van der Waals surface area (Å²) >= 11 is 0. The Morgan fingerprint density at radius 3 is 2.71 bits per heavy atom. The Morgan fingerprint density at radius 1 is 1.13 bits per heavy atom. The van der Waals surface area contributed by atoms with E-state index in [-0.39, 0.29) is 11.5 Å². The quantitative estimate of drug-likeness (QED) is 0.549. The van der Waals surface area contributed by atoms with Crippen molar-refractivity contribution in [3.8, 4) is 11.5 Å². The van der Waals surface area contributed by atoms with Gasteiger partial charge in [-0.05, 0) is 37.6 Å². The van der Waals surface area contributed by atoms with E-state index in [2.05, 4.69) is 10.3 Å². The number of hydrogen-bond acceptors (Lipinski definition) is 5. The van der Waals surface area contributed by atoms with Crippen LogP contribution in [0.5, 0.6) is 11.5 Å². The number of carbonyl (C=O) groups excluding carboxylic acids is 1. The molecule has 0 unspecified atom stereocenters. The lowest BCUT2D eigenvalue weighted by molar-refractivity contribution is -0.119. The number of benzene rings is 2. The minimum absolute atomic E-state index is 0.167. The van der Waals surface area contributed by atoms with Gasteiger partial charge in [0.05, 0.1) is 5.52 Å². The number of aryl methyl sites for hydroxylation is 1. The topological polar surface area (TPSA) is 86.9 Å². The van der Waals surface area contributed by atoms with Gasteiger partial charge in [0, 0.05) is 28.9 Å². The molecule has 31 heavy (non-hydrogen) atoms. The Kier molecular flexibility index (Phi) is 4.62. The molecule has 8 nitrogen and oxygen atoms in total. The third-order valence-electron chi connectivity index (χ3n) is 5.48. The molecule has 2 aromatic carbocycles. The molecule has 0 radical (unpaired) electrons. The second-order valence-electron chi connectivity index (χ2n) is 7.50. The molecule has 0 bridgehead atoms. The number of ether oxygens (including phenoxy) is 2. The van der Waals surface area contributed by atoms with Gasteiger partial charge in [0.1, 0.15) is 19.3 Å². The van der Waals surface area contributed by atoms with Gasteiger partial charge in [0.15, 0.2) is 17.1 Å². The molecule has 0 fully saturated rings. The van der Waals surface area contributed by atoms with E-state index in [1.54, 1.807) is 18.2 Å². The molecule has 1 aliphatic rings. The molecular weight excluding hydrogens is 396 g/mol. The first-order valence-electron chi connectivity index (χ1n) is 10.3. The van der Waals surface area contributed by atoms with Crippen LogP contribution in [0.2, 0.25) is 0 Å². The summed E-state index contributed by atoms with van der Waals surface area (Å²) in [5, 5.41) is 3.83. The van der Waals surface area contributed by atoms with Gasteiger partial charge in [-0.1, -0.05) is 19.1 Å². The second-order valence-corrected chi connectivity index (χ2v) is 7.50. The van der Waals surface area contributed by atoms with Crippen LogP contribution in [0.4, 0.5) is 5.69 Å². The Bertz CT molecular complexity index is 1370. The molecule has 1 aliphatic heterocycles. The van der Waals surface area contributed by atoms with Gasteiger partial charge in [-0.2, -0.15) is 4.98 Å². The highest BCUT2D eigenvalue weighted by Gasteiger charge is 2.25. The standard InChI is InChI=1S/C23H22N4O4/c1-3-17(23(29)24-15-8-9-19-20(13-15)31-11-10-30-19)27-18-7-5-4-6-16(18)22-25-21(28)12-14(2)26(22)27/h4-9,12-13,17H,3,10-11H2,1-2H3,(H,24,29)/t17-/m0/s1. The van der Waals surface area contributed by atoms with Gasteiger partial charge in [-0.15, -0.1) is 0 Å². The second kappa shape index (κ2) is 7.46. The van der Waals surface area contributed by atoms with Crippen LogP contribution in [0.3, 0.4) is 0 Å². The van der Waals surface area contributed by atoms with Crippen LogP contribution in [0.1, 0.15) is 25.1 Å². The maximum atomic E-state index is 13.4. The zero-order valence-electron chi connectivity index (χ0n) is 17.3. The molecule has 1 amide bonds. The highest BCUT2D eigenvalue weighted by molar-refractivity contribution is 5.97. The Morgan fingerprint density at radius 2 is 1.90 bits per heavy atom. The van der Waals surface area contributed by atoms with Gasteiger partial charge in [0.2, 0.25) is 5.91 Å². The lowest BCUT2D eigenvalue weighted by atomic mass is 10.2. The van der Waals surface area contributed by atoms with Crippen LogP contribution in [0.15, 0.2) is 53.3 Å². The molecule has 0 spiro atoms. The first-order valence-corrected chi connectivity index (χ1v) is 10.3. The fourth-order valence-corrected chi connectivity index (χ4v) is 4.13. The van der Waals surface area contributed by atoms with Crippen LogP contribution >= 0.6 is 0 Å². The smallest absolute Gasteiger partial charge is 0.273 e. The summed E-state index contributed by atoms with van der Waals surface area (Å²) in [7, 11) is 0. The fraction of sp³-hybridized carbons (Fsp3) is 0.261. The van der Waals surface area contributed by atoms with Crippen molar-refractivity contribution in [3.63, 3.8) is 0 Å². The average molecular weight is 418 g/mol. The predicted octanol–water partition coefficient (Wildman–Crippen LogP) is 3.32. The van der Waals surface area contributed by atoms with Gasteiger partial charge < -0.3 is 14.8 Å². The molecule has 158 valence electrons. The Balaban J connectivity index is 1.59. The van der Waals surface area contributed by atoms with Crippen molar-refractivity contribution in [2.24, 2.45) is 0 Å². The zero-order valence-corrected chi connectivity index (χ0v) is 17.3. The van der Waals surface area contributed by atoms with Crippen LogP contribution in [-0.4, -0.2) is 33.3 Å². The van der Waals surface area contributed by atoms with Gasteiger partial charge in [-0.3, -0.25) is 14.3 Å². The number of para-hydroxylation sites is 1. The number of anilines is 1. The molecule has 3 heterocycles. The molecule has 1 atom stereocenters. The van der Waals surface area contributed by atoms with E-state index in [1.807, 2.05) is 47.3 Å². The van der Waals surface area contributed by atoms with E-state index in [0.29, 0.717) is 42.5 Å². The summed E-state index contributed by atoms with van der Waals surface area (Å²) in [6, 6.07) is 14.0. The van der Waals surface area contributed by atoms with Crippen molar-refractivity contribution in [1.82, 2.24) is 14.2 Å². The Hall–Kier alpha value is -3.81. The van der Waals surface area contributed by atoms with E-state index < -0.39 is 6.04 Å². The van der Waals surface area contributed by atoms with Crippen LogP contribution in [0, 0.1) is 6.92 Å². The van der Waals surface area contributed by atoms with Crippen LogP contribution in [-0.2, 0) is 4.79 Å². The molecular formula is C23H22N4O4. The van der Waals surface area contributed by atoms with Gasteiger partial charge in [-0.25, -0.2) is 4.52 Å². The van der Waals surface area contributed by atoms with Gasteiger partial charge >= 0.3 is 0 Å². The minimum atomic E-state index is -0.515. The normalized spacial score (nSPS) is 14.0. The summed E-state index contributed by atoms with van der Waals surface area (Å²) in [6.07, 6.45) is 0.551. The molecule has 4 aromatic rings. The van der Waals surface area contributed by atoms with E-state index in [1.165, 1.54) is 6.07 Å². The van der Waals surface area contributed by atoms with E-state index in [4.69, 9.17) is 9.47 Å². The maximum absolute atomic E-state index is 13.4. The summed E-state index contributed by atoms with van der Waals surface area (Å²) in [5.74, 6) is 1.12. The number of hydrogen-bond donors (Lipinski definition) is 1. The van der Waals surface area contributed by atoms with E-state index in [0.717, 1.165) is 16.6 Å². The average Bonchev–Trinajstić information content (AvgIpc) is 3.09. The molecule has 0 saturated carbocycles. The summed E-state index contributed by atoms with van der Waals surface area (Å²) in [6.45, 7) is 4.80. The van der Waals surface area contributed by atoms with Crippen molar-refractivity contribution in [2.75, 3.05) is 18.5 Å². The number of fused-ring (bicyclic) bond motifs is 4. The number of aromatic nitrogens is 3. The van der Waals surface area contributed by atoms with Crippen molar-refractivity contribution >= 4 is 28.1 Å². The molecule has 1 N–H and O–H groups in total. The molecule has 0 saturated heterocycles. The van der Waals surface area contributed by atoms with Crippen molar-refractivity contribution in [2.45, 2.75) is 26.3 Å². The van der Waals surface area contributed by atoms with Crippen LogP contribution < -0.4 is 20.3 Å². The monoisotopic (exact) mass is 418 g/mol. The number of amides is 1. The highest BCUT2D eigenvalue weighted by Crippen LogP contribution is 2.33. The van der Waals surface area contributed by atoms with Gasteiger partial charge in [0.25, 0.3) is 5.56 Å². The van der Waals surface area contributed by atoms with Crippen LogP contribution in [0.25, 0.3) is 16.6 Å². The first-order chi connectivity index (χ1) is 15.1. The van der Waals surface area contributed by atoms with E-state index >= 15 is 0 Å². The Labute approximate surface area is 178 Å². The molecule has 2 aromatic heterocycles. The van der Waals surface area contributed by atoms with E-state index in [9.17, 15) is 9.59 Å². The molecule has 0 aliphatic carbocycles. The SMILES string of the molecule is CC[C@@H](C(=O)Nc1ccc2c(c1)OCCO2)n1c2ccccc2c2nc(=O)cc(C)n21. The maximum Gasteiger partial charge on any atom is 0.273 e. The summed E-state index contributed by atoms with van der Waals surface area (Å²) < 4.78 is 14.9. The summed E-state index contributed by atoms with van der Waals surface area (Å²) in [4.78, 5) is 29.6. The lowest BCUT2D eigenvalue weighted by Crippen LogP contribution is -2.29. The first kappa shape index (κ1) is 19.2. The largest absolute Gasteiger partial charge is 0.486 e. The third kappa shape index (κ3) is 3.20. The van der Waals surface area contributed by atoms with Crippen molar-refractivity contribution < 1.29 is 14.3 Å². The number of rotatable bonds is 4.